The molecule has 2 rings (SSSR count). The quantitative estimate of drug-likeness (QED) is 0.884. The van der Waals surface area contributed by atoms with Crippen molar-refractivity contribution in [1.82, 2.24) is 0 Å². The van der Waals surface area contributed by atoms with Crippen LogP contribution >= 0.6 is 0 Å². The van der Waals surface area contributed by atoms with Crippen molar-refractivity contribution in [2.75, 3.05) is 7.11 Å². The Balaban J connectivity index is 2.39. The molecule has 0 amide bonds. The van der Waals surface area contributed by atoms with Gasteiger partial charge >= 0.3 is 12.1 Å². The predicted octanol–water partition coefficient (Wildman–Crippen LogP) is 3.13. The minimum Gasteiger partial charge on any atom is -0.463 e. The van der Waals surface area contributed by atoms with Crippen LogP contribution in [0.5, 0.6) is 0 Å². The molecule has 0 aliphatic heterocycles. The van der Waals surface area contributed by atoms with Gasteiger partial charge in [0.25, 0.3) is 0 Å². The zero-order valence-electron chi connectivity index (χ0n) is 11.0. The van der Waals surface area contributed by atoms with Gasteiger partial charge in [-0.3, -0.25) is 0 Å². The second-order valence-electron chi connectivity index (χ2n) is 4.26. The van der Waals surface area contributed by atoms with Crippen LogP contribution in [0.3, 0.4) is 0 Å². The van der Waals surface area contributed by atoms with Gasteiger partial charge in [0.05, 0.1) is 18.7 Å². The van der Waals surface area contributed by atoms with Crippen LogP contribution < -0.4 is 5.73 Å². The number of furan rings is 1. The van der Waals surface area contributed by atoms with Gasteiger partial charge in [-0.1, -0.05) is 18.2 Å². The van der Waals surface area contributed by atoms with Crippen molar-refractivity contribution in [3.63, 3.8) is 0 Å². The topological polar surface area (TPSA) is 65.5 Å². The Kier molecular flexibility index (Phi) is 4.04. The molecular formula is C14H12F3NO3. The SMILES string of the molecule is COC(=O)c1ccc(C(N)c2ccccc2C(F)(F)F)o1. The van der Waals surface area contributed by atoms with Crippen LogP contribution in [0.4, 0.5) is 13.2 Å². The summed E-state index contributed by atoms with van der Waals surface area (Å²) in [6, 6.07) is 6.46. The molecule has 0 fully saturated rings. The van der Waals surface area contributed by atoms with E-state index in [2.05, 4.69) is 4.74 Å². The molecule has 4 nitrogen and oxygen atoms in total. The molecule has 1 aromatic carbocycles. The summed E-state index contributed by atoms with van der Waals surface area (Å²) in [5, 5.41) is 0. The average molecular weight is 299 g/mol. The number of rotatable bonds is 3. The summed E-state index contributed by atoms with van der Waals surface area (Å²) in [6.07, 6.45) is -4.52. The second-order valence-corrected chi connectivity index (χ2v) is 4.26. The fraction of sp³-hybridized carbons (Fsp3) is 0.214. The van der Waals surface area contributed by atoms with Crippen molar-refractivity contribution in [3.05, 3.63) is 59.0 Å². The first kappa shape index (κ1) is 15.1. The molecular weight excluding hydrogens is 287 g/mol. The maximum absolute atomic E-state index is 13.0. The fourth-order valence-corrected chi connectivity index (χ4v) is 1.91. The Hall–Kier alpha value is -2.28. The number of nitrogens with two attached hydrogens (primary N) is 1. The first-order chi connectivity index (χ1) is 9.84. The van der Waals surface area contributed by atoms with Crippen LogP contribution in [0.2, 0.25) is 0 Å². The lowest BCUT2D eigenvalue weighted by Crippen LogP contribution is -2.18. The van der Waals surface area contributed by atoms with Crippen molar-refractivity contribution in [2.24, 2.45) is 5.73 Å². The number of alkyl halides is 3. The molecule has 1 atom stereocenters. The zero-order valence-corrected chi connectivity index (χ0v) is 11.0. The molecule has 1 aromatic heterocycles. The Morgan fingerprint density at radius 2 is 1.90 bits per heavy atom. The van der Waals surface area contributed by atoms with Gasteiger partial charge in [-0.25, -0.2) is 4.79 Å². The van der Waals surface area contributed by atoms with E-state index in [0.717, 1.165) is 6.07 Å². The van der Waals surface area contributed by atoms with E-state index < -0.39 is 23.8 Å². The van der Waals surface area contributed by atoms with Gasteiger partial charge in [-0.15, -0.1) is 0 Å². The van der Waals surface area contributed by atoms with E-state index in [1.165, 1.54) is 37.4 Å². The maximum atomic E-state index is 13.0. The van der Waals surface area contributed by atoms with Gasteiger partial charge < -0.3 is 14.9 Å². The minimum absolute atomic E-state index is 0.0482. The third kappa shape index (κ3) is 3.08. The largest absolute Gasteiger partial charge is 0.463 e. The first-order valence-corrected chi connectivity index (χ1v) is 5.94. The lowest BCUT2D eigenvalue weighted by Gasteiger charge is -2.16. The van der Waals surface area contributed by atoms with Crippen molar-refractivity contribution >= 4 is 5.97 Å². The van der Waals surface area contributed by atoms with E-state index in [4.69, 9.17) is 10.2 Å². The molecule has 0 radical (unpaired) electrons. The molecule has 7 heteroatoms. The Labute approximate surface area is 118 Å². The Morgan fingerprint density at radius 1 is 1.24 bits per heavy atom. The van der Waals surface area contributed by atoms with Crippen molar-refractivity contribution in [3.8, 4) is 0 Å². The van der Waals surface area contributed by atoms with E-state index in [9.17, 15) is 18.0 Å². The Bertz CT molecular complexity index is 649. The summed E-state index contributed by atoms with van der Waals surface area (Å²) in [7, 11) is 1.17. The molecule has 1 heterocycles. The number of benzene rings is 1. The summed E-state index contributed by atoms with van der Waals surface area (Å²) in [4.78, 5) is 11.3. The lowest BCUT2D eigenvalue weighted by molar-refractivity contribution is -0.138. The molecule has 0 bridgehead atoms. The number of hydrogen-bond acceptors (Lipinski definition) is 4. The molecule has 112 valence electrons. The van der Waals surface area contributed by atoms with Crippen molar-refractivity contribution in [1.29, 1.82) is 0 Å². The molecule has 1 unspecified atom stereocenters. The smallest absolute Gasteiger partial charge is 0.416 e. The van der Waals surface area contributed by atoms with E-state index in [1.54, 1.807) is 0 Å². The van der Waals surface area contributed by atoms with Gasteiger partial charge in [-0.05, 0) is 23.8 Å². The maximum Gasteiger partial charge on any atom is 0.416 e. The number of carbonyl (C=O) groups excluding carboxylic acids is 1. The van der Waals surface area contributed by atoms with Gasteiger partial charge in [0.2, 0.25) is 5.76 Å². The first-order valence-electron chi connectivity index (χ1n) is 5.94. The standard InChI is InChI=1S/C14H12F3NO3/c1-20-13(19)11-7-6-10(21-11)12(18)8-4-2-3-5-9(8)14(15,16)17/h2-7,12H,18H2,1H3. The normalized spacial score (nSPS) is 13.0. The Morgan fingerprint density at radius 3 is 2.52 bits per heavy atom. The van der Waals surface area contributed by atoms with Crippen LogP contribution in [0.1, 0.15) is 33.5 Å². The third-order valence-electron chi connectivity index (χ3n) is 2.92. The number of methoxy groups -OCH3 is 1. The summed E-state index contributed by atoms with van der Waals surface area (Å²) < 4.78 is 48.5. The highest BCUT2D eigenvalue weighted by Gasteiger charge is 2.35. The van der Waals surface area contributed by atoms with Crippen LogP contribution in [0, 0.1) is 0 Å². The van der Waals surface area contributed by atoms with Crippen molar-refractivity contribution in [2.45, 2.75) is 12.2 Å². The van der Waals surface area contributed by atoms with Crippen LogP contribution in [0.15, 0.2) is 40.8 Å². The lowest BCUT2D eigenvalue weighted by atomic mass is 9.99. The monoisotopic (exact) mass is 299 g/mol. The van der Waals surface area contributed by atoms with E-state index in [0.29, 0.717) is 0 Å². The van der Waals surface area contributed by atoms with E-state index in [1.807, 2.05) is 0 Å². The van der Waals surface area contributed by atoms with Crippen molar-refractivity contribution < 1.29 is 27.1 Å². The van der Waals surface area contributed by atoms with Gasteiger partial charge in [0.15, 0.2) is 0 Å². The fourth-order valence-electron chi connectivity index (χ4n) is 1.91. The molecule has 0 aliphatic rings. The molecule has 0 spiro atoms. The van der Waals surface area contributed by atoms with Crippen LogP contribution in [-0.2, 0) is 10.9 Å². The summed E-state index contributed by atoms with van der Waals surface area (Å²) >= 11 is 0. The highest BCUT2D eigenvalue weighted by atomic mass is 19.4. The van der Waals surface area contributed by atoms with Gasteiger partial charge in [0, 0.05) is 0 Å². The van der Waals surface area contributed by atoms with Crippen LogP contribution in [0.25, 0.3) is 0 Å². The molecule has 0 aliphatic carbocycles. The van der Waals surface area contributed by atoms with Gasteiger partial charge in [0.1, 0.15) is 5.76 Å². The number of carbonyl (C=O) groups is 1. The third-order valence-corrected chi connectivity index (χ3v) is 2.92. The zero-order chi connectivity index (χ0) is 15.6. The molecule has 21 heavy (non-hydrogen) atoms. The van der Waals surface area contributed by atoms with E-state index >= 15 is 0 Å². The highest BCUT2D eigenvalue weighted by molar-refractivity contribution is 5.86. The summed E-state index contributed by atoms with van der Waals surface area (Å²) in [5.41, 5.74) is 4.85. The predicted molar refractivity (Wildman–Crippen MR) is 67.5 cm³/mol. The highest BCUT2D eigenvalue weighted by Crippen LogP contribution is 2.35. The molecule has 0 saturated carbocycles. The summed E-state index contributed by atoms with van der Waals surface area (Å²) in [6.45, 7) is 0. The second kappa shape index (κ2) is 5.61. The molecule has 0 saturated heterocycles. The molecule has 2 N–H and O–H groups in total. The van der Waals surface area contributed by atoms with Crippen LogP contribution in [-0.4, -0.2) is 13.1 Å². The summed E-state index contributed by atoms with van der Waals surface area (Å²) in [5.74, 6) is -0.794. The minimum atomic E-state index is -4.52. The number of esters is 1. The van der Waals surface area contributed by atoms with Gasteiger partial charge in [-0.2, -0.15) is 13.2 Å². The van der Waals surface area contributed by atoms with E-state index in [-0.39, 0.29) is 17.1 Å². The number of hydrogen-bond donors (Lipinski definition) is 1. The molecule has 2 aromatic rings. The average Bonchev–Trinajstić information content (AvgIpc) is 2.94. The number of ether oxygens (including phenoxy) is 1. The number of halogens is 3.